The minimum Gasteiger partial charge on any atom is -0.341 e. The first kappa shape index (κ1) is 15.4. The molecule has 1 aliphatic heterocycles. The van der Waals surface area contributed by atoms with Crippen LogP contribution in [0, 0.1) is 17.2 Å². The van der Waals surface area contributed by atoms with Crippen molar-refractivity contribution in [2.45, 2.75) is 25.4 Å². The second-order valence-corrected chi connectivity index (χ2v) is 5.14. The van der Waals surface area contributed by atoms with E-state index in [0.29, 0.717) is 19.5 Å². The molecule has 0 radical (unpaired) electrons. The molecule has 0 bridgehead atoms. The van der Waals surface area contributed by atoms with Gasteiger partial charge in [0.05, 0.1) is 24.0 Å². The molecule has 112 valence electrons. The van der Waals surface area contributed by atoms with Crippen molar-refractivity contribution < 1.29 is 18.0 Å². The fourth-order valence-corrected chi connectivity index (χ4v) is 2.53. The molecule has 2 rings (SSSR count). The summed E-state index contributed by atoms with van der Waals surface area (Å²) in [4.78, 5) is 13.6. The van der Waals surface area contributed by atoms with Crippen LogP contribution in [-0.2, 0) is 17.4 Å². The predicted octanol–water partition coefficient (Wildman–Crippen LogP) is 3.01. The first-order valence-corrected chi connectivity index (χ1v) is 6.74. The molecular weight excluding hydrogens is 281 g/mol. The molecule has 1 unspecified atom stereocenters. The van der Waals surface area contributed by atoms with Crippen LogP contribution in [0.1, 0.15) is 24.0 Å². The zero-order valence-electron chi connectivity index (χ0n) is 11.4. The number of nitrogens with zero attached hydrogens (tertiary/aromatic N) is 2. The minimum absolute atomic E-state index is 0.0194. The highest BCUT2D eigenvalue weighted by atomic mass is 19.4. The second-order valence-electron chi connectivity index (χ2n) is 5.14. The summed E-state index contributed by atoms with van der Waals surface area (Å²) in [5.41, 5.74) is -0.790. The Kier molecular flexibility index (Phi) is 4.51. The third kappa shape index (κ3) is 3.75. The van der Waals surface area contributed by atoms with Gasteiger partial charge in [-0.15, -0.1) is 0 Å². The van der Waals surface area contributed by atoms with Crippen LogP contribution in [0.3, 0.4) is 0 Å². The lowest BCUT2D eigenvalue weighted by atomic mass is 9.98. The normalized spacial score (nSPS) is 19.1. The van der Waals surface area contributed by atoms with E-state index in [-0.39, 0.29) is 23.8 Å². The molecule has 1 aromatic carbocycles. The maximum absolute atomic E-state index is 12.9. The van der Waals surface area contributed by atoms with Crippen LogP contribution >= 0.6 is 0 Å². The van der Waals surface area contributed by atoms with E-state index in [1.54, 1.807) is 0 Å². The van der Waals surface area contributed by atoms with Gasteiger partial charge in [-0.05, 0) is 24.5 Å². The Labute approximate surface area is 121 Å². The van der Waals surface area contributed by atoms with Gasteiger partial charge in [-0.25, -0.2) is 0 Å². The number of alkyl halides is 3. The van der Waals surface area contributed by atoms with Crippen LogP contribution in [0.2, 0.25) is 0 Å². The van der Waals surface area contributed by atoms with Crippen LogP contribution in [0.25, 0.3) is 0 Å². The largest absolute Gasteiger partial charge is 0.416 e. The number of likely N-dealkylation sites (tertiary alicyclic amines) is 1. The molecule has 1 fully saturated rings. The molecule has 0 aliphatic carbocycles. The molecule has 0 N–H and O–H groups in total. The van der Waals surface area contributed by atoms with Gasteiger partial charge in [0.1, 0.15) is 0 Å². The Morgan fingerprint density at radius 3 is 2.76 bits per heavy atom. The van der Waals surface area contributed by atoms with Crippen LogP contribution in [0.4, 0.5) is 13.2 Å². The van der Waals surface area contributed by atoms with Crippen molar-refractivity contribution in [3.8, 4) is 6.07 Å². The van der Waals surface area contributed by atoms with Gasteiger partial charge in [-0.1, -0.05) is 18.2 Å². The molecule has 0 spiro atoms. The summed E-state index contributed by atoms with van der Waals surface area (Å²) in [5, 5.41) is 8.89. The first-order chi connectivity index (χ1) is 9.91. The number of benzene rings is 1. The number of carbonyl (C=O) groups excluding carboxylic acids is 1. The molecular formula is C15H15F3N2O. The molecule has 21 heavy (non-hydrogen) atoms. The van der Waals surface area contributed by atoms with Crippen molar-refractivity contribution in [3.05, 3.63) is 35.4 Å². The molecule has 1 aromatic rings. The van der Waals surface area contributed by atoms with E-state index in [4.69, 9.17) is 5.26 Å². The zero-order chi connectivity index (χ0) is 15.5. The van der Waals surface area contributed by atoms with Gasteiger partial charge < -0.3 is 4.90 Å². The number of piperidine rings is 1. The van der Waals surface area contributed by atoms with Crippen molar-refractivity contribution in [1.29, 1.82) is 5.26 Å². The van der Waals surface area contributed by atoms with Gasteiger partial charge in [0.25, 0.3) is 0 Å². The molecule has 1 aliphatic rings. The molecule has 0 saturated carbocycles. The number of hydrogen-bond donors (Lipinski definition) is 0. The number of amides is 1. The standard InChI is InChI=1S/C15H15F3N2O/c16-15(17,18)13-6-2-1-5-12(13)8-14(21)20-7-3-4-11(9-19)10-20/h1-2,5-6,11H,3-4,7-8,10H2. The van der Waals surface area contributed by atoms with Gasteiger partial charge in [-0.3, -0.25) is 4.79 Å². The number of hydrogen-bond acceptors (Lipinski definition) is 2. The lowest BCUT2D eigenvalue weighted by Crippen LogP contribution is -2.40. The van der Waals surface area contributed by atoms with Crippen molar-refractivity contribution >= 4 is 5.91 Å². The van der Waals surface area contributed by atoms with E-state index in [9.17, 15) is 18.0 Å². The zero-order valence-corrected chi connectivity index (χ0v) is 11.4. The third-order valence-corrected chi connectivity index (χ3v) is 3.62. The van der Waals surface area contributed by atoms with Gasteiger partial charge in [0.2, 0.25) is 5.91 Å². The number of rotatable bonds is 2. The number of nitriles is 1. The Bertz CT molecular complexity index is 563. The Morgan fingerprint density at radius 2 is 2.10 bits per heavy atom. The van der Waals surface area contributed by atoms with Gasteiger partial charge >= 0.3 is 6.18 Å². The van der Waals surface area contributed by atoms with Crippen LogP contribution in [0.15, 0.2) is 24.3 Å². The summed E-state index contributed by atoms with van der Waals surface area (Å²) in [6.07, 6.45) is -3.30. The summed E-state index contributed by atoms with van der Waals surface area (Å²) >= 11 is 0. The SMILES string of the molecule is N#CC1CCCN(C(=O)Cc2ccccc2C(F)(F)F)C1. The van der Waals surface area contributed by atoms with E-state index in [0.717, 1.165) is 12.5 Å². The molecule has 1 saturated heterocycles. The van der Waals surface area contributed by atoms with Crippen LogP contribution in [-0.4, -0.2) is 23.9 Å². The Hall–Kier alpha value is -2.03. The summed E-state index contributed by atoms with van der Waals surface area (Å²) in [7, 11) is 0. The Balaban J connectivity index is 2.12. The summed E-state index contributed by atoms with van der Waals surface area (Å²) in [6, 6.07) is 7.22. The molecule has 3 nitrogen and oxygen atoms in total. The van der Waals surface area contributed by atoms with Crippen LogP contribution in [0.5, 0.6) is 0 Å². The van der Waals surface area contributed by atoms with Gasteiger partial charge in [-0.2, -0.15) is 18.4 Å². The predicted molar refractivity (Wildman–Crippen MR) is 70.1 cm³/mol. The maximum atomic E-state index is 12.9. The van der Waals surface area contributed by atoms with E-state index in [1.165, 1.54) is 23.1 Å². The summed E-state index contributed by atoms with van der Waals surface area (Å²) < 4.78 is 38.7. The molecule has 6 heteroatoms. The summed E-state index contributed by atoms with van der Waals surface area (Å²) in [5.74, 6) is -0.577. The lowest BCUT2D eigenvalue weighted by Gasteiger charge is -2.30. The average molecular weight is 296 g/mol. The van der Waals surface area contributed by atoms with Crippen molar-refractivity contribution in [3.63, 3.8) is 0 Å². The second kappa shape index (κ2) is 6.17. The fraction of sp³-hybridized carbons (Fsp3) is 0.467. The van der Waals surface area contributed by atoms with Gasteiger partial charge in [0.15, 0.2) is 0 Å². The lowest BCUT2D eigenvalue weighted by molar-refractivity contribution is -0.138. The van der Waals surface area contributed by atoms with Crippen molar-refractivity contribution in [2.24, 2.45) is 5.92 Å². The van der Waals surface area contributed by atoms with Crippen LogP contribution < -0.4 is 0 Å². The fourth-order valence-electron chi connectivity index (χ4n) is 2.53. The number of carbonyl (C=O) groups is 1. The summed E-state index contributed by atoms with van der Waals surface area (Å²) in [6.45, 7) is 0.814. The Morgan fingerprint density at radius 1 is 1.38 bits per heavy atom. The topological polar surface area (TPSA) is 44.1 Å². The van der Waals surface area contributed by atoms with E-state index in [1.807, 2.05) is 0 Å². The highest BCUT2D eigenvalue weighted by Crippen LogP contribution is 2.32. The monoisotopic (exact) mass is 296 g/mol. The smallest absolute Gasteiger partial charge is 0.341 e. The molecule has 1 amide bonds. The maximum Gasteiger partial charge on any atom is 0.416 e. The molecule has 0 aromatic heterocycles. The molecule has 1 heterocycles. The first-order valence-electron chi connectivity index (χ1n) is 6.74. The van der Waals surface area contributed by atoms with Crippen molar-refractivity contribution in [2.75, 3.05) is 13.1 Å². The highest BCUT2D eigenvalue weighted by Gasteiger charge is 2.34. The van der Waals surface area contributed by atoms with E-state index in [2.05, 4.69) is 6.07 Å². The third-order valence-electron chi connectivity index (χ3n) is 3.62. The van der Waals surface area contributed by atoms with Gasteiger partial charge in [0, 0.05) is 13.1 Å². The number of halogens is 3. The minimum atomic E-state index is -4.46. The quantitative estimate of drug-likeness (QED) is 0.842. The van der Waals surface area contributed by atoms with E-state index < -0.39 is 11.7 Å². The molecule has 1 atom stereocenters. The van der Waals surface area contributed by atoms with Crippen molar-refractivity contribution in [1.82, 2.24) is 4.90 Å². The highest BCUT2D eigenvalue weighted by molar-refractivity contribution is 5.79. The van der Waals surface area contributed by atoms with E-state index >= 15 is 0 Å². The average Bonchev–Trinajstić information content (AvgIpc) is 2.46.